The third-order valence-electron chi connectivity index (χ3n) is 3.81. The van der Waals surface area contributed by atoms with Crippen molar-refractivity contribution in [2.24, 2.45) is 0 Å². The van der Waals surface area contributed by atoms with Gasteiger partial charge in [-0.05, 0) is 50.5 Å². The molecule has 1 heterocycles. The van der Waals surface area contributed by atoms with Crippen LogP contribution in [0.3, 0.4) is 0 Å². The van der Waals surface area contributed by atoms with Crippen molar-refractivity contribution in [2.45, 2.75) is 38.5 Å². The van der Waals surface area contributed by atoms with Gasteiger partial charge in [-0.1, -0.05) is 18.2 Å². The topological polar surface area (TPSA) is 78.3 Å². The summed E-state index contributed by atoms with van der Waals surface area (Å²) in [7, 11) is 0. The first-order chi connectivity index (χ1) is 10.8. The second-order valence-electron chi connectivity index (χ2n) is 6.51. The summed E-state index contributed by atoms with van der Waals surface area (Å²) < 4.78 is 1.59. The quantitative estimate of drug-likeness (QED) is 0.866. The SMILES string of the molecule is CC(C)(C#N)c1cc(C=Cn2cncn2)cc(C(C)(C)C#N)c1. The summed E-state index contributed by atoms with van der Waals surface area (Å²) in [5.41, 5.74) is 1.44. The highest BCUT2D eigenvalue weighted by Crippen LogP contribution is 2.30. The minimum Gasteiger partial charge on any atom is -0.228 e. The van der Waals surface area contributed by atoms with E-state index in [9.17, 15) is 10.5 Å². The second-order valence-corrected chi connectivity index (χ2v) is 6.51. The minimum absolute atomic E-state index is 0.628. The molecule has 1 aromatic heterocycles. The summed E-state index contributed by atoms with van der Waals surface area (Å²) in [5, 5.41) is 22.8. The summed E-state index contributed by atoms with van der Waals surface area (Å²) in [4.78, 5) is 3.89. The number of benzene rings is 1. The molecule has 116 valence electrons. The van der Waals surface area contributed by atoms with Crippen LogP contribution in [0.5, 0.6) is 0 Å². The molecule has 0 aliphatic heterocycles. The van der Waals surface area contributed by atoms with Gasteiger partial charge in [0.25, 0.3) is 0 Å². The Morgan fingerprint density at radius 1 is 1.00 bits per heavy atom. The monoisotopic (exact) mass is 305 g/mol. The van der Waals surface area contributed by atoms with E-state index in [2.05, 4.69) is 22.2 Å². The van der Waals surface area contributed by atoms with Crippen molar-refractivity contribution < 1.29 is 0 Å². The molecule has 0 saturated heterocycles. The van der Waals surface area contributed by atoms with Crippen LogP contribution >= 0.6 is 0 Å². The van der Waals surface area contributed by atoms with Gasteiger partial charge >= 0.3 is 0 Å². The van der Waals surface area contributed by atoms with Crippen LogP contribution in [0.1, 0.15) is 44.4 Å². The van der Waals surface area contributed by atoms with Crippen molar-refractivity contribution >= 4 is 12.3 Å². The Labute approximate surface area is 136 Å². The standard InChI is InChI=1S/C18H19N5/c1-17(2,10-19)15-7-14(5-6-23-13-21-12-22-23)8-16(9-15)18(3,4)11-20/h5-9,12-13H,1-4H3. The molecule has 0 spiro atoms. The smallest absolute Gasteiger partial charge is 0.138 e. The number of hydrogen-bond donors (Lipinski definition) is 0. The fourth-order valence-corrected chi connectivity index (χ4v) is 2.06. The Morgan fingerprint density at radius 2 is 1.57 bits per heavy atom. The van der Waals surface area contributed by atoms with Crippen LogP contribution in [-0.4, -0.2) is 14.8 Å². The van der Waals surface area contributed by atoms with Gasteiger partial charge in [0.1, 0.15) is 12.7 Å². The van der Waals surface area contributed by atoms with E-state index in [0.29, 0.717) is 0 Å². The Hall–Kier alpha value is -2.92. The maximum absolute atomic E-state index is 9.41. The average Bonchev–Trinajstić information content (AvgIpc) is 3.06. The summed E-state index contributed by atoms with van der Waals surface area (Å²) >= 11 is 0. The van der Waals surface area contributed by atoms with Gasteiger partial charge in [-0.3, -0.25) is 0 Å². The van der Waals surface area contributed by atoms with Crippen LogP contribution in [-0.2, 0) is 10.8 Å². The van der Waals surface area contributed by atoms with E-state index >= 15 is 0 Å². The van der Waals surface area contributed by atoms with Crippen molar-refractivity contribution in [3.05, 3.63) is 47.5 Å². The lowest BCUT2D eigenvalue weighted by Gasteiger charge is -2.22. The van der Waals surface area contributed by atoms with Crippen molar-refractivity contribution in [1.82, 2.24) is 14.8 Å². The average molecular weight is 305 g/mol. The van der Waals surface area contributed by atoms with Crippen molar-refractivity contribution in [3.63, 3.8) is 0 Å². The first-order valence-corrected chi connectivity index (χ1v) is 7.29. The van der Waals surface area contributed by atoms with E-state index in [-0.39, 0.29) is 0 Å². The number of aromatic nitrogens is 3. The van der Waals surface area contributed by atoms with Gasteiger partial charge in [-0.25, -0.2) is 9.67 Å². The molecule has 23 heavy (non-hydrogen) atoms. The van der Waals surface area contributed by atoms with Gasteiger partial charge in [0.15, 0.2) is 0 Å². The lowest BCUT2D eigenvalue weighted by molar-refractivity contribution is 0.661. The molecule has 0 atom stereocenters. The molecule has 0 radical (unpaired) electrons. The first kappa shape index (κ1) is 16.5. The van der Waals surface area contributed by atoms with Gasteiger partial charge in [-0.15, -0.1) is 0 Å². The predicted molar refractivity (Wildman–Crippen MR) is 89.0 cm³/mol. The fourth-order valence-electron chi connectivity index (χ4n) is 2.06. The largest absolute Gasteiger partial charge is 0.228 e. The first-order valence-electron chi connectivity index (χ1n) is 7.29. The molecule has 0 bridgehead atoms. The molecule has 0 N–H and O–H groups in total. The molecule has 0 amide bonds. The molecule has 0 fully saturated rings. The van der Waals surface area contributed by atoms with Crippen molar-refractivity contribution in [3.8, 4) is 12.1 Å². The van der Waals surface area contributed by atoms with Gasteiger partial charge < -0.3 is 0 Å². The molecular weight excluding hydrogens is 286 g/mol. The molecular formula is C18H19N5. The lowest BCUT2D eigenvalue weighted by atomic mass is 9.79. The third-order valence-corrected chi connectivity index (χ3v) is 3.81. The normalized spacial score (nSPS) is 12.1. The molecule has 5 nitrogen and oxygen atoms in total. The molecule has 0 aliphatic carbocycles. The van der Waals surface area contributed by atoms with Crippen LogP contribution in [0.2, 0.25) is 0 Å². The highest BCUT2D eigenvalue weighted by Gasteiger charge is 2.25. The van der Waals surface area contributed by atoms with Crippen LogP contribution in [0.4, 0.5) is 0 Å². The fraction of sp³-hybridized carbons (Fsp3) is 0.333. The molecule has 0 saturated carbocycles. The Balaban J connectivity index is 2.54. The Bertz CT molecular complexity index is 755. The van der Waals surface area contributed by atoms with Crippen LogP contribution in [0.25, 0.3) is 12.3 Å². The molecule has 1 aromatic carbocycles. The van der Waals surface area contributed by atoms with E-state index < -0.39 is 10.8 Å². The Morgan fingerprint density at radius 3 is 2.00 bits per heavy atom. The number of rotatable bonds is 4. The number of hydrogen-bond acceptors (Lipinski definition) is 4. The second kappa shape index (κ2) is 6.06. The number of nitrogens with zero attached hydrogens (tertiary/aromatic N) is 5. The van der Waals surface area contributed by atoms with Gasteiger partial charge in [0.2, 0.25) is 0 Å². The predicted octanol–water partition coefficient (Wildman–Crippen LogP) is 3.51. The van der Waals surface area contributed by atoms with Crippen molar-refractivity contribution in [1.29, 1.82) is 10.5 Å². The Kier molecular flexibility index (Phi) is 4.33. The zero-order valence-corrected chi connectivity index (χ0v) is 13.8. The van der Waals surface area contributed by atoms with Crippen LogP contribution in [0.15, 0.2) is 30.9 Å². The lowest BCUT2D eigenvalue weighted by Crippen LogP contribution is -2.19. The molecule has 2 aromatic rings. The van der Waals surface area contributed by atoms with Gasteiger partial charge in [-0.2, -0.15) is 15.6 Å². The van der Waals surface area contributed by atoms with Gasteiger partial charge in [0, 0.05) is 6.20 Å². The summed E-state index contributed by atoms with van der Waals surface area (Å²) in [6, 6.07) is 10.5. The molecule has 5 heteroatoms. The maximum atomic E-state index is 9.41. The number of nitriles is 2. The molecule has 2 rings (SSSR count). The summed E-state index contributed by atoms with van der Waals surface area (Å²) in [6.07, 6.45) is 6.74. The van der Waals surface area contributed by atoms with E-state index in [0.717, 1.165) is 16.7 Å². The maximum Gasteiger partial charge on any atom is 0.138 e. The van der Waals surface area contributed by atoms with Crippen LogP contribution < -0.4 is 0 Å². The van der Waals surface area contributed by atoms with E-state index in [1.807, 2.05) is 52.0 Å². The molecule has 0 aliphatic rings. The zero-order valence-electron chi connectivity index (χ0n) is 13.8. The summed E-state index contributed by atoms with van der Waals surface area (Å²) in [6.45, 7) is 7.49. The highest BCUT2D eigenvalue weighted by atomic mass is 15.3. The van der Waals surface area contributed by atoms with E-state index in [1.54, 1.807) is 17.2 Å². The third kappa shape index (κ3) is 3.64. The minimum atomic E-state index is -0.628. The van der Waals surface area contributed by atoms with Crippen LogP contribution in [0, 0.1) is 22.7 Å². The van der Waals surface area contributed by atoms with E-state index in [1.165, 1.54) is 6.33 Å². The zero-order chi connectivity index (χ0) is 17.1. The van der Waals surface area contributed by atoms with Gasteiger partial charge in [0.05, 0.1) is 23.0 Å². The van der Waals surface area contributed by atoms with Crippen molar-refractivity contribution in [2.75, 3.05) is 0 Å². The van der Waals surface area contributed by atoms with E-state index in [4.69, 9.17) is 0 Å². The summed E-state index contributed by atoms with van der Waals surface area (Å²) in [5.74, 6) is 0. The highest BCUT2D eigenvalue weighted by molar-refractivity contribution is 5.63. The molecule has 0 unspecified atom stereocenters.